The zero-order valence-corrected chi connectivity index (χ0v) is 29.7. The maximum absolute atomic E-state index is 4.08. The molecule has 7 rings (SSSR count). The smallest absolute Gasteiger partial charge is 0.0172 e. The van der Waals surface area contributed by atoms with E-state index in [1.807, 2.05) is 20.8 Å². The van der Waals surface area contributed by atoms with Crippen LogP contribution in [0.3, 0.4) is 0 Å². The summed E-state index contributed by atoms with van der Waals surface area (Å²) in [7, 11) is 0. The van der Waals surface area contributed by atoms with Crippen molar-refractivity contribution >= 4 is 16.7 Å². The van der Waals surface area contributed by atoms with Crippen LogP contribution in [-0.2, 0) is 0 Å². The van der Waals surface area contributed by atoms with E-state index < -0.39 is 0 Å². The molecular weight excluding hydrogens is 613 g/mol. The van der Waals surface area contributed by atoms with Crippen molar-refractivity contribution in [2.75, 3.05) is 0 Å². The van der Waals surface area contributed by atoms with Gasteiger partial charge in [-0.05, 0) is 122 Å². The van der Waals surface area contributed by atoms with Crippen molar-refractivity contribution in [3.63, 3.8) is 0 Å². The highest BCUT2D eigenvalue weighted by Gasteiger charge is 2.10. The van der Waals surface area contributed by atoms with Gasteiger partial charge in [0.05, 0.1) is 0 Å². The van der Waals surface area contributed by atoms with Crippen molar-refractivity contribution in [1.82, 2.24) is 0 Å². The fourth-order valence-electron chi connectivity index (χ4n) is 6.53. The van der Waals surface area contributed by atoms with Gasteiger partial charge in [0.2, 0.25) is 0 Å². The van der Waals surface area contributed by atoms with Crippen LogP contribution < -0.4 is 0 Å². The van der Waals surface area contributed by atoms with E-state index in [0.29, 0.717) is 0 Å². The summed E-state index contributed by atoms with van der Waals surface area (Å²) in [6.07, 6.45) is 0. The zero-order chi connectivity index (χ0) is 35.5. The van der Waals surface area contributed by atoms with E-state index >= 15 is 0 Å². The van der Waals surface area contributed by atoms with Gasteiger partial charge in [-0.3, -0.25) is 0 Å². The minimum absolute atomic E-state index is 1.08. The lowest BCUT2D eigenvalue weighted by Gasteiger charge is -2.13. The summed E-state index contributed by atoms with van der Waals surface area (Å²) in [5.74, 6) is 0. The van der Waals surface area contributed by atoms with E-state index in [9.17, 15) is 0 Å². The Labute approximate surface area is 303 Å². The summed E-state index contributed by atoms with van der Waals surface area (Å²) in [6.45, 7) is 18.4. The molecule has 0 fully saturated rings. The molecule has 7 aromatic rings. The summed E-state index contributed by atoms with van der Waals surface area (Å²) in [4.78, 5) is 0. The summed E-state index contributed by atoms with van der Waals surface area (Å²) < 4.78 is 0. The van der Waals surface area contributed by atoms with Gasteiger partial charge in [-0.25, -0.2) is 0 Å². The third-order valence-corrected chi connectivity index (χ3v) is 9.72. The van der Waals surface area contributed by atoms with Crippen molar-refractivity contribution < 1.29 is 0 Å². The standard InChI is InChI=1S/C51H42/c1-34(2)37-7-13-40(14-8-37)43-19-25-46(26-20-43)49-31-50(47-27-21-44(22-28-47)41-15-9-38(10-16-41)35(3)4)33-51(32-49)48-29-23-45(24-30-48)42-17-11-39(12-18-42)36(5)6/h7-33H,1,3,5H2,2,4,6H3. The molecule has 0 aromatic heterocycles. The van der Waals surface area contributed by atoms with Gasteiger partial charge in [0.25, 0.3) is 0 Å². The molecule has 0 atom stereocenters. The van der Waals surface area contributed by atoms with Crippen LogP contribution in [0, 0.1) is 0 Å². The van der Waals surface area contributed by atoms with Crippen molar-refractivity contribution in [1.29, 1.82) is 0 Å². The second kappa shape index (κ2) is 14.3. The number of allylic oxidation sites excluding steroid dienone is 3. The first-order chi connectivity index (χ1) is 24.7. The summed E-state index contributed by atoms with van der Waals surface area (Å²) >= 11 is 0. The van der Waals surface area contributed by atoms with Crippen LogP contribution in [0.1, 0.15) is 37.5 Å². The quantitative estimate of drug-likeness (QED) is 0.145. The molecule has 0 N–H and O–H groups in total. The first-order valence-electron chi connectivity index (χ1n) is 17.5. The molecule has 0 aliphatic carbocycles. The maximum atomic E-state index is 4.08. The Morgan fingerprint density at radius 3 is 0.529 bits per heavy atom. The van der Waals surface area contributed by atoms with Gasteiger partial charge in [0.1, 0.15) is 0 Å². The van der Waals surface area contributed by atoms with E-state index in [4.69, 9.17) is 0 Å². The van der Waals surface area contributed by atoms with Crippen LogP contribution in [0.25, 0.3) is 83.5 Å². The first-order valence-corrected chi connectivity index (χ1v) is 17.5. The Morgan fingerprint density at radius 1 is 0.235 bits per heavy atom. The largest absolute Gasteiger partial charge is 0.0955 e. The van der Waals surface area contributed by atoms with Crippen LogP contribution in [0.15, 0.2) is 184 Å². The molecule has 0 saturated carbocycles. The minimum Gasteiger partial charge on any atom is -0.0955 e. The fourth-order valence-corrected chi connectivity index (χ4v) is 6.53. The SMILES string of the molecule is C=C(C)c1ccc(-c2ccc(-c3cc(-c4ccc(-c5ccc(C(=C)C)cc5)cc4)cc(-c4ccc(-c5ccc(C(=C)C)cc5)cc4)c3)cc2)cc1. The van der Waals surface area contributed by atoms with Crippen molar-refractivity contribution in [3.05, 3.63) is 200 Å². The fraction of sp³-hybridized carbons (Fsp3) is 0.0588. The van der Waals surface area contributed by atoms with E-state index in [-0.39, 0.29) is 0 Å². The van der Waals surface area contributed by atoms with E-state index in [1.165, 1.54) is 83.5 Å². The Kier molecular flexibility index (Phi) is 9.34. The monoisotopic (exact) mass is 654 g/mol. The lowest BCUT2D eigenvalue weighted by molar-refractivity contribution is 1.53. The Bertz CT molecular complexity index is 2060. The van der Waals surface area contributed by atoms with Gasteiger partial charge in [-0.15, -0.1) is 0 Å². The molecule has 246 valence electrons. The summed E-state index contributed by atoms with van der Waals surface area (Å²) in [6, 6.07) is 59.6. The third kappa shape index (κ3) is 7.37. The lowest BCUT2D eigenvalue weighted by atomic mass is 9.91. The topological polar surface area (TPSA) is 0 Å². The highest BCUT2D eigenvalue weighted by molar-refractivity contribution is 5.84. The number of rotatable bonds is 9. The lowest BCUT2D eigenvalue weighted by Crippen LogP contribution is -1.88. The third-order valence-electron chi connectivity index (χ3n) is 9.72. The van der Waals surface area contributed by atoms with Crippen LogP contribution in [0.2, 0.25) is 0 Å². The number of hydrogen-bond acceptors (Lipinski definition) is 0. The average Bonchev–Trinajstić information content (AvgIpc) is 3.18. The molecule has 0 heteroatoms. The molecule has 0 radical (unpaired) electrons. The Morgan fingerprint density at radius 2 is 0.373 bits per heavy atom. The highest BCUT2D eigenvalue weighted by Crippen LogP contribution is 2.36. The molecule has 0 heterocycles. The normalized spacial score (nSPS) is 10.9. The van der Waals surface area contributed by atoms with Gasteiger partial charge in [-0.1, -0.05) is 182 Å². The van der Waals surface area contributed by atoms with Crippen LogP contribution in [-0.4, -0.2) is 0 Å². The molecule has 51 heavy (non-hydrogen) atoms. The Hall–Kier alpha value is -6.24. The summed E-state index contributed by atoms with van der Waals surface area (Å²) in [5.41, 5.74) is 21.0. The second-order valence-electron chi connectivity index (χ2n) is 13.6. The van der Waals surface area contributed by atoms with Crippen molar-refractivity contribution in [3.8, 4) is 66.8 Å². The van der Waals surface area contributed by atoms with E-state index in [0.717, 1.165) is 16.7 Å². The van der Waals surface area contributed by atoms with Crippen molar-refractivity contribution in [2.24, 2.45) is 0 Å². The zero-order valence-electron chi connectivity index (χ0n) is 29.7. The molecule has 0 amide bonds. The predicted molar refractivity (Wildman–Crippen MR) is 223 cm³/mol. The first kappa shape index (κ1) is 33.3. The highest BCUT2D eigenvalue weighted by atomic mass is 14.1. The molecule has 0 aliphatic rings. The maximum Gasteiger partial charge on any atom is -0.0172 e. The van der Waals surface area contributed by atoms with Crippen LogP contribution >= 0.6 is 0 Å². The second-order valence-corrected chi connectivity index (χ2v) is 13.6. The van der Waals surface area contributed by atoms with Gasteiger partial charge < -0.3 is 0 Å². The Balaban J connectivity index is 1.24. The molecule has 0 saturated heterocycles. The predicted octanol–water partition coefficient (Wildman–Crippen LogP) is 14.8. The molecule has 0 bridgehead atoms. The molecule has 0 aliphatic heterocycles. The van der Waals surface area contributed by atoms with Gasteiger partial charge in [-0.2, -0.15) is 0 Å². The molecular formula is C51H42. The molecule has 0 nitrogen and oxygen atoms in total. The van der Waals surface area contributed by atoms with E-state index in [1.54, 1.807) is 0 Å². The summed E-state index contributed by atoms with van der Waals surface area (Å²) in [5, 5.41) is 0. The van der Waals surface area contributed by atoms with Gasteiger partial charge >= 0.3 is 0 Å². The number of benzene rings is 7. The van der Waals surface area contributed by atoms with Crippen LogP contribution in [0.5, 0.6) is 0 Å². The average molecular weight is 655 g/mol. The van der Waals surface area contributed by atoms with Gasteiger partial charge in [0, 0.05) is 0 Å². The molecule has 0 spiro atoms. The van der Waals surface area contributed by atoms with E-state index in [2.05, 4.69) is 184 Å². The minimum atomic E-state index is 1.08. The number of hydrogen-bond donors (Lipinski definition) is 0. The molecule has 0 unspecified atom stereocenters. The van der Waals surface area contributed by atoms with Gasteiger partial charge in [0.15, 0.2) is 0 Å². The van der Waals surface area contributed by atoms with Crippen molar-refractivity contribution in [2.45, 2.75) is 20.8 Å². The van der Waals surface area contributed by atoms with Crippen LogP contribution in [0.4, 0.5) is 0 Å². The molecule has 7 aromatic carbocycles.